The lowest BCUT2D eigenvalue weighted by atomic mass is 9.78. The molecule has 1 atom stereocenters. The molecule has 1 aliphatic heterocycles. The Morgan fingerprint density at radius 3 is 2.81 bits per heavy atom. The van der Waals surface area contributed by atoms with E-state index >= 15 is 0 Å². The van der Waals surface area contributed by atoms with Crippen molar-refractivity contribution in [3.63, 3.8) is 0 Å². The molecule has 0 aromatic heterocycles. The van der Waals surface area contributed by atoms with Crippen LogP contribution in [0.15, 0.2) is 24.3 Å². The molecule has 0 radical (unpaired) electrons. The van der Waals surface area contributed by atoms with Gasteiger partial charge >= 0.3 is 6.18 Å². The Morgan fingerprint density at radius 1 is 1.33 bits per heavy atom. The third-order valence-electron chi connectivity index (χ3n) is 3.45. The van der Waals surface area contributed by atoms with Crippen molar-refractivity contribution in [2.75, 3.05) is 19.8 Å². The van der Waals surface area contributed by atoms with Crippen molar-refractivity contribution in [3.8, 4) is 11.8 Å². The highest BCUT2D eigenvalue weighted by molar-refractivity contribution is 5.37. The lowest BCUT2D eigenvalue weighted by Crippen LogP contribution is -2.34. The second-order valence-electron chi connectivity index (χ2n) is 5.24. The molecule has 2 rings (SSSR count). The summed E-state index contributed by atoms with van der Waals surface area (Å²) in [6.45, 7) is -0.990. The average Bonchev–Trinajstić information content (AvgIpc) is 2.45. The molecular formula is C15H16F3NO2. The summed E-state index contributed by atoms with van der Waals surface area (Å²) in [5.41, 5.74) is 0.275. The van der Waals surface area contributed by atoms with Crippen LogP contribution in [-0.4, -0.2) is 26.0 Å². The monoisotopic (exact) mass is 299 g/mol. The van der Waals surface area contributed by atoms with Crippen LogP contribution in [-0.2, 0) is 11.2 Å². The molecule has 0 bridgehead atoms. The van der Waals surface area contributed by atoms with Gasteiger partial charge in [0.25, 0.3) is 0 Å². The fourth-order valence-corrected chi connectivity index (χ4v) is 2.41. The Hall–Kier alpha value is -1.74. The van der Waals surface area contributed by atoms with E-state index in [0.29, 0.717) is 19.3 Å². The van der Waals surface area contributed by atoms with Crippen LogP contribution in [0.4, 0.5) is 13.2 Å². The van der Waals surface area contributed by atoms with Gasteiger partial charge in [-0.1, -0.05) is 18.2 Å². The van der Waals surface area contributed by atoms with Gasteiger partial charge in [0.1, 0.15) is 19.0 Å². The number of hydrogen-bond donors (Lipinski definition) is 0. The molecule has 6 heteroatoms. The summed E-state index contributed by atoms with van der Waals surface area (Å²) in [5.74, 6) is 0.775. The van der Waals surface area contributed by atoms with E-state index in [1.165, 1.54) is 0 Å². The zero-order valence-electron chi connectivity index (χ0n) is 11.4. The number of hydrogen-bond acceptors (Lipinski definition) is 3. The second-order valence-corrected chi connectivity index (χ2v) is 5.24. The largest absolute Gasteiger partial charge is 0.492 e. The van der Waals surface area contributed by atoms with Crippen LogP contribution in [0.25, 0.3) is 0 Å². The summed E-state index contributed by atoms with van der Waals surface area (Å²) >= 11 is 0. The van der Waals surface area contributed by atoms with Gasteiger partial charge < -0.3 is 9.47 Å². The summed E-state index contributed by atoms with van der Waals surface area (Å²) in [7, 11) is 0. The lowest BCUT2D eigenvalue weighted by molar-refractivity contribution is -0.174. The Bertz CT molecular complexity index is 524. The number of nitriles is 1. The van der Waals surface area contributed by atoms with Gasteiger partial charge in [-0.05, 0) is 30.9 Å². The highest BCUT2D eigenvalue weighted by Gasteiger charge is 2.35. The van der Waals surface area contributed by atoms with E-state index in [1.807, 2.05) is 24.3 Å². The molecule has 0 saturated carbocycles. The van der Waals surface area contributed by atoms with Crippen LogP contribution in [0.5, 0.6) is 5.75 Å². The fourth-order valence-electron chi connectivity index (χ4n) is 2.41. The summed E-state index contributed by atoms with van der Waals surface area (Å²) < 4.78 is 46.0. The number of ether oxygens (including phenoxy) is 2. The molecule has 1 aliphatic rings. The number of fused-ring (bicyclic) bond motifs is 1. The van der Waals surface area contributed by atoms with E-state index in [9.17, 15) is 18.4 Å². The van der Waals surface area contributed by atoms with Crippen molar-refractivity contribution in [1.82, 2.24) is 0 Å². The molecule has 0 saturated heterocycles. The Balaban J connectivity index is 1.85. The highest BCUT2D eigenvalue weighted by atomic mass is 19.4. The summed E-state index contributed by atoms with van der Waals surface area (Å²) in [5, 5.41) is 9.40. The molecule has 1 aromatic rings. The normalized spacial score (nSPS) is 21.2. The van der Waals surface area contributed by atoms with Crippen molar-refractivity contribution in [2.24, 2.45) is 5.41 Å². The van der Waals surface area contributed by atoms with Crippen molar-refractivity contribution < 1.29 is 22.6 Å². The predicted octanol–water partition coefficient (Wildman–Crippen LogP) is 3.49. The Kier molecular flexibility index (Phi) is 4.73. The van der Waals surface area contributed by atoms with Gasteiger partial charge in [0.2, 0.25) is 0 Å². The topological polar surface area (TPSA) is 42.2 Å². The minimum atomic E-state index is -4.31. The van der Waals surface area contributed by atoms with E-state index < -0.39 is 18.2 Å². The number of alkyl halides is 3. The van der Waals surface area contributed by atoms with Gasteiger partial charge in [0.15, 0.2) is 0 Å². The maximum atomic E-state index is 11.9. The summed E-state index contributed by atoms with van der Waals surface area (Å²) in [6, 6.07) is 9.76. The maximum Gasteiger partial charge on any atom is 0.411 e. The third-order valence-corrected chi connectivity index (χ3v) is 3.45. The van der Waals surface area contributed by atoms with Crippen molar-refractivity contribution in [3.05, 3.63) is 29.8 Å². The first kappa shape index (κ1) is 15.6. The van der Waals surface area contributed by atoms with Gasteiger partial charge in [-0.3, -0.25) is 0 Å². The lowest BCUT2D eigenvalue weighted by Gasteiger charge is -2.32. The number of para-hydroxylation sites is 1. The maximum absolute atomic E-state index is 11.9. The van der Waals surface area contributed by atoms with E-state index in [-0.39, 0.29) is 13.2 Å². The van der Waals surface area contributed by atoms with Crippen LogP contribution in [0.1, 0.15) is 18.4 Å². The van der Waals surface area contributed by atoms with Gasteiger partial charge in [0, 0.05) is 6.61 Å². The number of benzene rings is 1. The van der Waals surface area contributed by atoms with Crippen molar-refractivity contribution in [1.29, 1.82) is 5.26 Å². The molecule has 0 N–H and O–H groups in total. The molecule has 21 heavy (non-hydrogen) atoms. The number of halogens is 3. The second kappa shape index (κ2) is 6.35. The standard InChI is InChI=1S/C15H16F3NO2/c16-15(17,18)11-20-7-3-6-14(9-19)8-12-4-1-2-5-13(12)21-10-14/h1-2,4-5H,3,6-8,10-11H2. The molecule has 0 fully saturated rings. The average molecular weight is 299 g/mol. The Morgan fingerprint density at radius 2 is 2.10 bits per heavy atom. The molecule has 0 aliphatic carbocycles. The number of rotatable bonds is 5. The zero-order chi connectivity index (χ0) is 15.3. The molecule has 114 valence electrons. The molecule has 0 spiro atoms. The van der Waals surface area contributed by atoms with E-state index in [1.54, 1.807) is 0 Å². The van der Waals surface area contributed by atoms with E-state index in [4.69, 9.17) is 4.74 Å². The SMILES string of the molecule is N#CC1(CCCOCC(F)(F)F)COc2ccccc2C1. The van der Waals surface area contributed by atoms with Crippen LogP contribution >= 0.6 is 0 Å². The third kappa shape index (κ3) is 4.36. The molecule has 1 unspecified atom stereocenters. The first-order valence-corrected chi connectivity index (χ1v) is 6.71. The zero-order valence-corrected chi connectivity index (χ0v) is 11.4. The van der Waals surface area contributed by atoms with Crippen molar-refractivity contribution in [2.45, 2.75) is 25.4 Å². The smallest absolute Gasteiger partial charge is 0.411 e. The van der Waals surface area contributed by atoms with Gasteiger partial charge in [0.05, 0.1) is 11.5 Å². The number of nitrogens with zero attached hydrogens (tertiary/aromatic N) is 1. The van der Waals surface area contributed by atoms with Crippen molar-refractivity contribution >= 4 is 0 Å². The summed E-state index contributed by atoms with van der Waals surface area (Å²) in [4.78, 5) is 0. The van der Waals surface area contributed by atoms with Crippen LogP contribution in [0, 0.1) is 16.7 Å². The first-order valence-electron chi connectivity index (χ1n) is 6.71. The van der Waals surface area contributed by atoms with Crippen LogP contribution in [0.2, 0.25) is 0 Å². The first-order chi connectivity index (χ1) is 9.94. The van der Waals surface area contributed by atoms with E-state index in [0.717, 1.165) is 11.3 Å². The minimum absolute atomic E-state index is 0.00934. The highest BCUT2D eigenvalue weighted by Crippen LogP contribution is 2.37. The molecule has 1 aromatic carbocycles. The molecular weight excluding hydrogens is 283 g/mol. The summed E-state index contributed by atoms with van der Waals surface area (Å²) in [6.07, 6.45) is -2.90. The Labute approximate surface area is 121 Å². The van der Waals surface area contributed by atoms with Crippen LogP contribution in [0.3, 0.4) is 0 Å². The van der Waals surface area contributed by atoms with Gasteiger partial charge in [-0.2, -0.15) is 18.4 Å². The van der Waals surface area contributed by atoms with Crippen LogP contribution < -0.4 is 4.74 Å². The van der Waals surface area contributed by atoms with Gasteiger partial charge in [-0.15, -0.1) is 0 Å². The minimum Gasteiger partial charge on any atom is -0.492 e. The fraction of sp³-hybridized carbons (Fsp3) is 0.533. The van der Waals surface area contributed by atoms with Gasteiger partial charge in [-0.25, -0.2) is 0 Å². The molecule has 3 nitrogen and oxygen atoms in total. The molecule has 1 heterocycles. The molecule has 0 amide bonds. The predicted molar refractivity (Wildman–Crippen MR) is 69.8 cm³/mol. The van der Waals surface area contributed by atoms with E-state index in [2.05, 4.69) is 10.8 Å². The quantitative estimate of drug-likeness (QED) is 0.782.